The largest absolute Gasteiger partial charge is 0.390 e. The highest BCUT2D eigenvalue weighted by Crippen LogP contribution is 2.59. The molecule has 0 amide bonds. The second-order valence-corrected chi connectivity index (χ2v) is 11.1. The Labute approximate surface area is 193 Å². The molecule has 0 spiro atoms. The van der Waals surface area contributed by atoms with Gasteiger partial charge >= 0.3 is 0 Å². The Balaban J connectivity index is 1.44. The molecule has 5 nitrogen and oxygen atoms in total. The van der Waals surface area contributed by atoms with Gasteiger partial charge in [-0.1, -0.05) is 68.7 Å². The molecule has 174 valence electrons. The van der Waals surface area contributed by atoms with Gasteiger partial charge < -0.3 is 5.11 Å². The van der Waals surface area contributed by atoms with Gasteiger partial charge in [-0.3, -0.25) is 0 Å². The molecule has 1 N–H and O–H groups in total. The third kappa shape index (κ3) is 4.98. The molecule has 2 aliphatic carbocycles. The lowest BCUT2D eigenvalue weighted by Gasteiger charge is -2.44. The molecular weight excluding hydrogens is 396 g/mol. The van der Waals surface area contributed by atoms with Gasteiger partial charge in [-0.2, -0.15) is 0 Å². The van der Waals surface area contributed by atoms with Gasteiger partial charge in [0, 0.05) is 5.56 Å². The summed E-state index contributed by atoms with van der Waals surface area (Å²) in [5, 5.41) is 22.5. The first-order valence-corrected chi connectivity index (χ1v) is 12.5. The molecule has 2 aromatic rings. The molecule has 1 aromatic heterocycles. The minimum Gasteiger partial charge on any atom is -0.390 e. The van der Waals surface area contributed by atoms with Crippen LogP contribution in [0.1, 0.15) is 79.1 Å². The van der Waals surface area contributed by atoms with Crippen molar-refractivity contribution in [3.63, 3.8) is 0 Å². The molecule has 2 fully saturated rings. The van der Waals surface area contributed by atoms with Crippen molar-refractivity contribution in [2.45, 2.75) is 91.2 Å². The van der Waals surface area contributed by atoms with Crippen molar-refractivity contribution >= 4 is 0 Å². The lowest BCUT2D eigenvalue weighted by Crippen LogP contribution is -2.36. The Bertz CT molecular complexity index is 913. The molecule has 1 unspecified atom stereocenters. The maximum Gasteiger partial charge on any atom is 0.182 e. The van der Waals surface area contributed by atoms with Crippen LogP contribution in [-0.4, -0.2) is 30.9 Å². The van der Waals surface area contributed by atoms with Crippen molar-refractivity contribution in [1.29, 1.82) is 0 Å². The van der Waals surface area contributed by atoms with E-state index in [2.05, 4.69) is 47.6 Å². The summed E-state index contributed by atoms with van der Waals surface area (Å²) in [5.41, 5.74) is 2.54. The van der Waals surface area contributed by atoms with Gasteiger partial charge in [0.1, 0.15) is 0 Å². The molecule has 0 saturated heterocycles. The van der Waals surface area contributed by atoms with E-state index in [1.807, 2.05) is 36.7 Å². The minimum atomic E-state index is -0.544. The average molecular weight is 437 g/mol. The van der Waals surface area contributed by atoms with Crippen molar-refractivity contribution in [2.75, 3.05) is 0 Å². The van der Waals surface area contributed by atoms with Crippen molar-refractivity contribution in [3.05, 3.63) is 42.0 Å². The fourth-order valence-electron chi connectivity index (χ4n) is 6.64. The van der Waals surface area contributed by atoms with E-state index < -0.39 is 5.60 Å². The van der Waals surface area contributed by atoms with E-state index >= 15 is 0 Å². The normalized spacial score (nSPS) is 28.1. The molecule has 2 saturated carbocycles. The van der Waals surface area contributed by atoms with Gasteiger partial charge in [0.2, 0.25) is 0 Å². The number of nitrogens with zero attached hydrogens (tertiary/aromatic N) is 4. The van der Waals surface area contributed by atoms with E-state index in [4.69, 9.17) is 0 Å². The second-order valence-electron chi connectivity index (χ2n) is 11.1. The van der Waals surface area contributed by atoms with E-state index in [1.165, 1.54) is 38.5 Å². The smallest absolute Gasteiger partial charge is 0.182 e. The Morgan fingerprint density at radius 3 is 2.78 bits per heavy atom. The predicted molar refractivity (Wildman–Crippen MR) is 129 cm³/mol. The highest BCUT2D eigenvalue weighted by molar-refractivity contribution is 5.53. The summed E-state index contributed by atoms with van der Waals surface area (Å²) in [6, 6.07) is 10.2. The summed E-state index contributed by atoms with van der Waals surface area (Å²) >= 11 is 0. The van der Waals surface area contributed by atoms with Crippen LogP contribution in [0.2, 0.25) is 0 Å². The zero-order valence-electron chi connectivity index (χ0n) is 20.3. The molecule has 5 heteroatoms. The first kappa shape index (κ1) is 23.2. The Hall–Kier alpha value is -2.01. The van der Waals surface area contributed by atoms with E-state index in [-0.39, 0.29) is 0 Å². The van der Waals surface area contributed by atoms with Crippen LogP contribution in [0.15, 0.2) is 42.0 Å². The van der Waals surface area contributed by atoms with Gasteiger partial charge in [-0.15, -0.1) is 5.10 Å². The highest BCUT2D eigenvalue weighted by atomic mass is 16.3. The van der Waals surface area contributed by atoms with Gasteiger partial charge in [-0.05, 0) is 86.0 Å². The number of hydrogen-bond acceptors (Lipinski definition) is 4. The molecule has 0 bridgehead atoms. The maximum atomic E-state index is 10.1. The first-order valence-electron chi connectivity index (χ1n) is 12.5. The molecule has 0 aliphatic heterocycles. The quantitative estimate of drug-likeness (QED) is 0.511. The molecular formula is C27H40N4O. The van der Waals surface area contributed by atoms with Crippen LogP contribution in [0.3, 0.4) is 0 Å². The van der Waals surface area contributed by atoms with Gasteiger partial charge in [0.05, 0.1) is 12.1 Å². The molecule has 4 rings (SSSR count). The fourth-order valence-corrected chi connectivity index (χ4v) is 6.64. The third-order valence-corrected chi connectivity index (χ3v) is 8.26. The Morgan fingerprint density at radius 2 is 2.03 bits per heavy atom. The lowest BCUT2D eigenvalue weighted by molar-refractivity contribution is 0.0596. The maximum absolute atomic E-state index is 10.1. The standard InChI is InChI=1S/C27H40N4O/c1-20(10-8-17-26(2,3)32)23-14-15-24-21(13-9-18-27(23,24)4)16-19-31-25(28-29-30-31)22-11-6-5-7-12-22/h5-7,11-12,16,20,23-24,32H,8-10,13-15,17-19H2,1-4H3/b21-16+/t20?,23-,24+,27-/m1/s1. The first-order chi connectivity index (χ1) is 15.3. The number of rotatable bonds is 8. The average Bonchev–Trinajstić information content (AvgIpc) is 3.36. The molecule has 32 heavy (non-hydrogen) atoms. The van der Waals surface area contributed by atoms with Gasteiger partial charge in [0.25, 0.3) is 0 Å². The van der Waals surface area contributed by atoms with Gasteiger partial charge in [0.15, 0.2) is 5.82 Å². The van der Waals surface area contributed by atoms with Crippen LogP contribution < -0.4 is 0 Å². The molecule has 0 radical (unpaired) electrons. The summed E-state index contributed by atoms with van der Waals surface area (Å²) in [7, 11) is 0. The SMILES string of the molecule is CC(CCCC(C)(C)O)[C@H]1CC[C@H]2/C(=C/Cn3nnnc3-c3ccccc3)CCC[C@]12C. The Morgan fingerprint density at radius 1 is 1.25 bits per heavy atom. The molecule has 2 aliphatic rings. The summed E-state index contributed by atoms with van der Waals surface area (Å²) in [6.07, 6.45) is 12.1. The molecule has 1 aromatic carbocycles. The lowest BCUT2D eigenvalue weighted by atomic mass is 9.60. The van der Waals surface area contributed by atoms with Crippen molar-refractivity contribution in [1.82, 2.24) is 20.2 Å². The number of tetrazole rings is 1. The van der Waals surface area contributed by atoms with E-state index in [9.17, 15) is 5.11 Å². The topological polar surface area (TPSA) is 63.8 Å². The fraction of sp³-hybridized carbons (Fsp3) is 0.667. The number of aliphatic hydroxyl groups is 1. The summed E-state index contributed by atoms with van der Waals surface area (Å²) in [6.45, 7) is 9.60. The predicted octanol–water partition coefficient (Wildman–Crippen LogP) is 6.06. The van der Waals surface area contributed by atoms with Crippen molar-refractivity contribution in [3.8, 4) is 11.4 Å². The number of aromatic nitrogens is 4. The summed E-state index contributed by atoms with van der Waals surface area (Å²) in [5.74, 6) is 3.03. The van der Waals surface area contributed by atoms with Crippen LogP contribution in [0.25, 0.3) is 11.4 Å². The van der Waals surface area contributed by atoms with Crippen LogP contribution in [0, 0.1) is 23.2 Å². The number of fused-ring (bicyclic) bond motifs is 1. The zero-order chi connectivity index (χ0) is 22.8. The van der Waals surface area contributed by atoms with E-state index in [0.29, 0.717) is 11.3 Å². The van der Waals surface area contributed by atoms with E-state index in [1.54, 1.807) is 5.57 Å². The van der Waals surface area contributed by atoms with Crippen LogP contribution in [0.4, 0.5) is 0 Å². The van der Waals surface area contributed by atoms with Crippen molar-refractivity contribution < 1.29 is 5.11 Å². The minimum absolute atomic E-state index is 0.404. The number of allylic oxidation sites excluding steroid dienone is 2. The zero-order valence-corrected chi connectivity index (χ0v) is 20.3. The number of benzene rings is 1. The monoisotopic (exact) mass is 436 g/mol. The van der Waals surface area contributed by atoms with Gasteiger partial charge in [-0.25, -0.2) is 4.68 Å². The van der Waals surface area contributed by atoms with E-state index in [0.717, 1.165) is 42.6 Å². The molecule has 4 atom stereocenters. The third-order valence-electron chi connectivity index (χ3n) is 8.26. The Kier molecular flexibility index (Phi) is 6.85. The van der Waals surface area contributed by atoms with Crippen LogP contribution in [0.5, 0.6) is 0 Å². The summed E-state index contributed by atoms with van der Waals surface area (Å²) < 4.78 is 1.93. The molecule has 1 heterocycles. The van der Waals surface area contributed by atoms with Crippen LogP contribution >= 0.6 is 0 Å². The number of hydrogen-bond donors (Lipinski definition) is 1. The van der Waals surface area contributed by atoms with Crippen molar-refractivity contribution in [2.24, 2.45) is 23.2 Å². The highest BCUT2D eigenvalue weighted by Gasteiger charge is 2.50. The van der Waals surface area contributed by atoms with Crippen LogP contribution in [-0.2, 0) is 6.54 Å². The summed E-state index contributed by atoms with van der Waals surface area (Å²) in [4.78, 5) is 0. The second kappa shape index (κ2) is 9.46.